The number of aryl methyl sites for hydroxylation is 1. The maximum Gasteiger partial charge on any atom is 0.222 e. The zero-order valence-electron chi connectivity index (χ0n) is 10.8. The number of rotatable bonds is 3. The third-order valence-electron chi connectivity index (χ3n) is 2.67. The summed E-state index contributed by atoms with van der Waals surface area (Å²) in [5.74, 6) is -2.13. The molecule has 0 radical (unpaired) electrons. The highest BCUT2D eigenvalue weighted by Gasteiger charge is 2.15. The Morgan fingerprint density at radius 2 is 1.95 bits per heavy atom. The molecule has 0 spiro atoms. The Labute approximate surface area is 109 Å². The summed E-state index contributed by atoms with van der Waals surface area (Å²) in [6, 6.07) is 2.02. The predicted octanol–water partition coefficient (Wildman–Crippen LogP) is 2.11. The first-order chi connectivity index (χ1) is 8.90. The minimum atomic E-state index is -0.978. The quantitative estimate of drug-likeness (QED) is 0.630. The Balaban J connectivity index is 2.51. The molecule has 2 rings (SSSR count). The van der Waals surface area contributed by atoms with Gasteiger partial charge in [0.05, 0.1) is 11.0 Å². The maximum atomic E-state index is 13.2. The van der Waals surface area contributed by atoms with Gasteiger partial charge in [-0.25, -0.2) is 13.8 Å². The van der Waals surface area contributed by atoms with Gasteiger partial charge in [-0.15, -0.1) is 0 Å². The first-order valence-corrected chi connectivity index (χ1v) is 5.60. The number of imidazole rings is 1. The number of hydrogen-bond acceptors (Lipinski definition) is 3. The van der Waals surface area contributed by atoms with Gasteiger partial charge in [-0.3, -0.25) is 4.79 Å². The monoisotopic (exact) mass is 265 g/mol. The number of aromatic nitrogens is 2. The summed E-state index contributed by atoms with van der Waals surface area (Å²) in [6.45, 7) is 0. The van der Waals surface area contributed by atoms with Crippen molar-refractivity contribution in [1.29, 1.82) is 0 Å². The Bertz CT molecular complexity index is 674. The third-order valence-corrected chi connectivity index (χ3v) is 2.67. The molecular formula is C13H13F2N3O. The van der Waals surface area contributed by atoms with Crippen molar-refractivity contribution in [1.82, 2.24) is 14.5 Å². The van der Waals surface area contributed by atoms with Crippen LogP contribution in [0.2, 0.25) is 0 Å². The number of ketones is 1. The summed E-state index contributed by atoms with van der Waals surface area (Å²) in [6.07, 6.45) is 2.94. The van der Waals surface area contributed by atoms with Crippen molar-refractivity contribution in [3.63, 3.8) is 0 Å². The highest BCUT2D eigenvalue weighted by Crippen LogP contribution is 2.19. The molecule has 0 amide bonds. The molecule has 0 aliphatic heterocycles. The smallest absolute Gasteiger partial charge is 0.222 e. The summed E-state index contributed by atoms with van der Waals surface area (Å²) in [4.78, 5) is 17.7. The minimum absolute atomic E-state index is 0.137. The molecule has 0 fully saturated rings. The van der Waals surface area contributed by atoms with Crippen LogP contribution in [0.3, 0.4) is 0 Å². The van der Waals surface area contributed by atoms with Crippen LogP contribution >= 0.6 is 0 Å². The summed E-state index contributed by atoms with van der Waals surface area (Å²) >= 11 is 0. The van der Waals surface area contributed by atoms with Crippen LogP contribution in [0, 0.1) is 11.6 Å². The third kappa shape index (κ3) is 2.47. The number of hydrogen-bond donors (Lipinski definition) is 0. The van der Waals surface area contributed by atoms with E-state index in [-0.39, 0.29) is 17.1 Å². The van der Waals surface area contributed by atoms with Crippen LogP contribution in [0.25, 0.3) is 11.0 Å². The molecule has 0 aliphatic rings. The van der Waals surface area contributed by atoms with E-state index in [9.17, 15) is 13.6 Å². The van der Waals surface area contributed by atoms with E-state index in [1.807, 2.05) is 0 Å². The van der Waals surface area contributed by atoms with E-state index in [0.717, 1.165) is 12.1 Å². The maximum absolute atomic E-state index is 13.2. The summed E-state index contributed by atoms with van der Waals surface area (Å²) in [7, 11) is 5.15. The van der Waals surface area contributed by atoms with E-state index in [2.05, 4.69) is 4.98 Å². The van der Waals surface area contributed by atoms with Crippen molar-refractivity contribution < 1.29 is 13.6 Å². The Hall–Kier alpha value is -2.24. The van der Waals surface area contributed by atoms with Crippen molar-refractivity contribution >= 4 is 16.8 Å². The Kier molecular flexibility index (Phi) is 3.33. The van der Waals surface area contributed by atoms with Gasteiger partial charge >= 0.3 is 0 Å². The fourth-order valence-corrected chi connectivity index (χ4v) is 1.70. The van der Waals surface area contributed by atoms with Crippen LogP contribution in [0.1, 0.15) is 10.6 Å². The van der Waals surface area contributed by atoms with E-state index in [0.29, 0.717) is 5.52 Å². The van der Waals surface area contributed by atoms with Crippen molar-refractivity contribution in [2.24, 2.45) is 7.05 Å². The second kappa shape index (κ2) is 4.79. The average Bonchev–Trinajstić information content (AvgIpc) is 2.65. The van der Waals surface area contributed by atoms with Crippen molar-refractivity contribution in [2.75, 3.05) is 14.1 Å². The average molecular weight is 265 g/mol. The van der Waals surface area contributed by atoms with Gasteiger partial charge in [-0.05, 0) is 0 Å². The van der Waals surface area contributed by atoms with E-state index in [4.69, 9.17) is 0 Å². The van der Waals surface area contributed by atoms with E-state index in [1.165, 1.54) is 10.6 Å². The van der Waals surface area contributed by atoms with Crippen molar-refractivity contribution in [3.05, 3.63) is 41.9 Å². The molecule has 2 aromatic rings. The van der Waals surface area contributed by atoms with Gasteiger partial charge in [0.1, 0.15) is 0 Å². The molecule has 4 nitrogen and oxygen atoms in total. The molecule has 0 saturated carbocycles. The highest BCUT2D eigenvalue weighted by atomic mass is 19.2. The summed E-state index contributed by atoms with van der Waals surface area (Å²) < 4.78 is 27.7. The second-order valence-corrected chi connectivity index (χ2v) is 4.39. The van der Waals surface area contributed by atoms with Gasteiger partial charge < -0.3 is 9.47 Å². The van der Waals surface area contributed by atoms with Gasteiger partial charge in [0.2, 0.25) is 5.78 Å². The molecule has 6 heteroatoms. The fourth-order valence-electron chi connectivity index (χ4n) is 1.70. The number of benzene rings is 1. The molecule has 19 heavy (non-hydrogen) atoms. The Morgan fingerprint density at radius 1 is 1.32 bits per heavy atom. The summed E-state index contributed by atoms with van der Waals surface area (Å²) in [5, 5.41) is 0. The van der Waals surface area contributed by atoms with E-state index < -0.39 is 11.6 Å². The minimum Gasteiger partial charge on any atom is -0.383 e. The molecule has 0 N–H and O–H groups in total. The van der Waals surface area contributed by atoms with Crippen LogP contribution in [-0.4, -0.2) is 34.3 Å². The predicted molar refractivity (Wildman–Crippen MR) is 67.8 cm³/mol. The second-order valence-electron chi connectivity index (χ2n) is 4.39. The van der Waals surface area contributed by atoms with Crippen LogP contribution in [0.15, 0.2) is 24.4 Å². The van der Waals surface area contributed by atoms with Crippen molar-refractivity contribution in [3.8, 4) is 0 Å². The number of carbonyl (C=O) groups is 1. The zero-order chi connectivity index (χ0) is 14.2. The fraction of sp³-hybridized carbons (Fsp3) is 0.231. The molecule has 0 unspecified atom stereocenters. The molecule has 1 aromatic heterocycles. The van der Waals surface area contributed by atoms with Gasteiger partial charge in [-0.1, -0.05) is 0 Å². The van der Waals surface area contributed by atoms with Crippen LogP contribution in [0.4, 0.5) is 8.78 Å². The highest BCUT2D eigenvalue weighted by molar-refractivity contribution is 6.03. The largest absolute Gasteiger partial charge is 0.383 e. The SMILES string of the molecule is CN(C)/C=C/C(=O)c1nc2cc(F)c(F)cc2n1C. The van der Waals surface area contributed by atoms with E-state index >= 15 is 0 Å². The first-order valence-electron chi connectivity index (χ1n) is 5.60. The lowest BCUT2D eigenvalue weighted by Gasteiger charge is -2.02. The van der Waals surface area contributed by atoms with Gasteiger partial charge in [0.15, 0.2) is 17.5 Å². The number of allylic oxidation sites excluding steroid dienone is 1. The molecule has 0 aliphatic carbocycles. The van der Waals surface area contributed by atoms with Gasteiger partial charge in [0, 0.05) is 45.6 Å². The van der Waals surface area contributed by atoms with Gasteiger partial charge in [0.25, 0.3) is 0 Å². The summed E-state index contributed by atoms with van der Waals surface area (Å²) in [5.41, 5.74) is 0.628. The molecular weight excluding hydrogens is 252 g/mol. The molecule has 100 valence electrons. The lowest BCUT2D eigenvalue weighted by molar-refractivity contribution is 0.103. The van der Waals surface area contributed by atoms with Gasteiger partial charge in [-0.2, -0.15) is 0 Å². The van der Waals surface area contributed by atoms with Crippen LogP contribution < -0.4 is 0 Å². The Morgan fingerprint density at radius 3 is 2.58 bits per heavy atom. The molecule has 0 saturated heterocycles. The standard InChI is InChI=1S/C13H13F2N3O/c1-17(2)5-4-12(19)13-16-10-6-8(14)9(15)7-11(10)18(13)3/h4-7H,1-3H3/b5-4+. The molecule has 0 atom stereocenters. The number of nitrogens with zero attached hydrogens (tertiary/aromatic N) is 3. The van der Waals surface area contributed by atoms with Crippen molar-refractivity contribution in [2.45, 2.75) is 0 Å². The molecule has 0 bridgehead atoms. The number of carbonyl (C=O) groups excluding carboxylic acids is 1. The normalized spacial score (nSPS) is 11.4. The first kappa shape index (κ1) is 13.2. The zero-order valence-corrected chi connectivity index (χ0v) is 10.8. The molecule has 1 heterocycles. The number of halogens is 2. The van der Waals surface area contributed by atoms with E-state index in [1.54, 1.807) is 32.2 Å². The molecule has 1 aromatic carbocycles. The lowest BCUT2D eigenvalue weighted by atomic mass is 10.3. The van der Waals surface area contributed by atoms with Crippen LogP contribution in [-0.2, 0) is 7.05 Å². The van der Waals surface area contributed by atoms with Crippen LogP contribution in [0.5, 0.6) is 0 Å². The number of fused-ring (bicyclic) bond motifs is 1. The topological polar surface area (TPSA) is 38.1 Å². The lowest BCUT2D eigenvalue weighted by Crippen LogP contribution is -2.07.